The van der Waals surface area contributed by atoms with E-state index >= 15 is 0 Å². The Kier molecular flexibility index (Phi) is 4.81. The van der Waals surface area contributed by atoms with Gasteiger partial charge < -0.3 is 10.6 Å². The van der Waals surface area contributed by atoms with Crippen LogP contribution >= 0.6 is 0 Å². The summed E-state index contributed by atoms with van der Waals surface area (Å²) in [6.45, 7) is 0.907. The van der Waals surface area contributed by atoms with Crippen LogP contribution in [0.15, 0.2) is 59.8 Å². The second-order valence-electron chi connectivity index (χ2n) is 5.21. The van der Waals surface area contributed by atoms with Crippen molar-refractivity contribution in [1.29, 1.82) is 0 Å². The van der Waals surface area contributed by atoms with Crippen molar-refractivity contribution < 1.29 is 4.79 Å². The first-order valence-electron chi connectivity index (χ1n) is 7.59. The van der Waals surface area contributed by atoms with Crippen molar-refractivity contribution in [3.63, 3.8) is 0 Å². The fourth-order valence-corrected chi connectivity index (χ4v) is 2.31. The van der Waals surface area contributed by atoms with Crippen molar-refractivity contribution in [3.05, 3.63) is 65.3 Å². The number of nitrogens with one attached hydrogen (secondary N) is 2. The Morgan fingerprint density at radius 2 is 1.96 bits per heavy atom. The first kappa shape index (κ1) is 15.7. The molecule has 0 aliphatic rings. The largest absolute Gasteiger partial charge is 0.382 e. The van der Waals surface area contributed by atoms with E-state index in [4.69, 9.17) is 0 Å². The molecule has 3 rings (SSSR count). The molecule has 0 spiro atoms. The molecule has 0 fully saturated rings. The van der Waals surface area contributed by atoms with Gasteiger partial charge >= 0.3 is 0 Å². The van der Waals surface area contributed by atoms with E-state index in [1.54, 1.807) is 30.7 Å². The predicted molar refractivity (Wildman–Crippen MR) is 91.7 cm³/mol. The lowest BCUT2D eigenvalue weighted by Gasteiger charge is -2.09. The van der Waals surface area contributed by atoms with Gasteiger partial charge in [0.2, 0.25) is 5.91 Å². The Hall–Kier alpha value is -3.22. The smallest absolute Gasteiger partial charge is 0.275 e. The van der Waals surface area contributed by atoms with E-state index in [9.17, 15) is 9.59 Å². The van der Waals surface area contributed by atoms with Crippen molar-refractivity contribution in [2.24, 2.45) is 0 Å². The maximum absolute atomic E-state index is 12.3. The molecule has 7 nitrogen and oxygen atoms in total. The Labute approximate surface area is 138 Å². The molecule has 0 bridgehead atoms. The second-order valence-corrected chi connectivity index (χ2v) is 5.21. The molecular formula is C17H17N5O2. The average molecular weight is 323 g/mol. The quantitative estimate of drug-likeness (QED) is 0.661. The van der Waals surface area contributed by atoms with Gasteiger partial charge in [0, 0.05) is 30.9 Å². The van der Waals surface area contributed by atoms with Crippen LogP contribution in [-0.4, -0.2) is 33.8 Å². The number of hydrogen-bond acceptors (Lipinski definition) is 5. The normalized spacial score (nSPS) is 10.5. The van der Waals surface area contributed by atoms with Crippen LogP contribution in [0.4, 0.5) is 5.69 Å². The van der Waals surface area contributed by atoms with Gasteiger partial charge in [-0.15, -0.1) is 0 Å². The minimum absolute atomic E-state index is 0.101. The summed E-state index contributed by atoms with van der Waals surface area (Å²) in [6, 6.07) is 10.9. The Balaban J connectivity index is 1.53. The fraction of sp³-hybridized carbons (Fsp3) is 0.176. The highest BCUT2D eigenvalue weighted by atomic mass is 16.2. The van der Waals surface area contributed by atoms with Crippen LogP contribution in [0.1, 0.15) is 0 Å². The summed E-state index contributed by atoms with van der Waals surface area (Å²) in [5.41, 5.74) is 0.621. The lowest BCUT2D eigenvalue weighted by Crippen LogP contribution is -2.35. The number of carbonyl (C=O) groups is 1. The third-order valence-electron chi connectivity index (χ3n) is 3.49. The van der Waals surface area contributed by atoms with E-state index < -0.39 is 0 Å². The summed E-state index contributed by atoms with van der Waals surface area (Å²) in [4.78, 5) is 28.2. The molecule has 122 valence electrons. The van der Waals surface area contributed by atoms with Gasteiger partial charge in [-0.1, -0.05) is 18.2 Å². The van der Waals surface area contributed by atoms with Gasteiger partial charge in [0.05, 0.1) is 17.3 Å². The summed E-state index contributed by atoms with van der Waals surface area (Å²) in [6.07, 6.45) is 5.00. The predicted octanol–water partition coefficient (Wildman–Crippen LogP) is 1.02. The Bertz CT molecular complexity index is 892. The number of hydrogen-bond donors (Lipinski definition) is 2. The molecule has 0 atom stereocenters. The second kappa shape index (κ2) is 7.36. The summed E-state index contributed by atoms with van der Waals surface area (Å²) in [7, 11) is 0. The highest BCUT2D eigenvalue weighted by Gasteiger charge is 2.07. The minimum atomic E-state index is -0.267. The van der Waals surface area contributed by atoms with Gasteiger partial charge in [-0.05, 0) is 18.2 Å². The van der Waals surface area contributed by atoms with Crippen LogP contribution in [0.25, 0.3) is 10.8 Å². The van der Waals surface area contributed by atoms with Gasteiger partial charge in [0.1, 0.15) is 6.54 Å². The third-order valence-corrected chi connectivity index (χ3v) is 3.49. The number of aromatic nitrogens is 3. The van der Waals surface area contributed by atoms with Crippen molar-refractivity contribution >= 4 is 22.4 Å². The Morgan fingerprint density at radius 3 is 2.79 bits per heavy atom. The van der Waals surface area contributed by atoms with E-state index in [0.717, 1.165) is 11.1 Å². The summed E-state index contributed by atoms with van der Waals surface area (Å²) < 4.78 is 1.17. The van der Waals surface area contributed by atoms with Gasteiger partial charge in [0.15, 0.2) is 0 Å². The number of anilines is 1. The molecule has 24 heavy (non-hydrogen) atoms. The van der Waals surface area contributed by atoms with Gasteiger partial charge in [0.25, 0.3) is 5.56 Å². The highest BCUT2D eigenvalue weighted by Crippen LogP contribution is 2.06. The van der Waals surface area contributed by atoms with Gasteiger partial charge in [-0.25, -0.2) is 4.68 Å². The lowest BCUT2D eigenvalue weighted by atomic mass is 10.2. The maximum atomic E-state index is 12.3. The van der Waals surface area contributed by atoms with Crippen LogP contribution in [0.2, 0.25) is 0 Å². The SMILES string of the molecule is O=C(Cn1ncc2ccccc2c1=O)NCCNc1cccnc1. The third kappa shape index (κ3) is 3.75. The summed E-state index contributed by atoms with van der Waals surface area (Å²) in [5.74, 6) is -0.257. The average Bonchev–Trinajstić information content (AvgIpc) is 2.62. The molecule has 1 amide bonds. The van der Waals surface area contributed by atoms with Crippen molar-refractivity contribution in [2.75, 3.05) is 18.4 Å². The van der Waals surface area contributed by atoms with E-state index in [2.05, 4.69) is 20.7 Å². The maximum Gasteiger partial charge on any atom is 0.275 e. The van der Waals surface area contributed by atoms with E-state index in [1.165, 1.54) is 4.68 Å². The molecule has 0 saturated carbocycles. The lowest BCUT2D eigenvalue weighted by molar-refractivity contribution is -0.121. The number of carbonyl (C=O) groups excluding carboxylic acids is 1. The summed E-state index contributed by atoms with van der Waals surface area (Å²) >= 11 is 0. The van der Waals surface area contributed by atoms with Crippen LogP contribution in [0.3, 0.4) is 0 Å². The number of fused-ring (bicyclic) bond motifs is 1. The van der Waals surface area contributed by atoms with Crippen LogP contribution in [0.5, 0.6) is 0 Å². The number of pyridine rings is 1. The number of nitrogens with zero attached hydrogens (tertiary/aromatic N) is 3. The van der Waals surface area contributed by atoms with Crippen molar-refractivity contribution in [1.82, 2.24) is 20.1 Å². The number of amides is 1. The molecular weight excluding hydrogens is 306 g/mol. The zero-order chi connectivity index (χ0) is 16.8. The molecule has 0 radical (unpaired) electrons. The Morgan fingerprint density at radius 1 is 1.08 bits per heavy atom. The molecule has 2 N–H and O–H groups in total. The summed E-state index contributed by atoms with van der Waals surface area (Å²) in [5, 5.41) is 11.3. The molecule has 0 unspecified atom stereocenters. The number of rotatable bonds is 6. The molecule has 0 aliphatic carbocycles. The van der Waals surface area contributed by atoms with Gasteiger partial charge in [-0.2, -0.15) is 5.10 Å². The molecule has 0 aliphatic heterocycles. The molecule has 2 aromatic heterocycles. The first-order valence-corrected chi connectivity index (χ1v) is 7.59. The molecule has 1 aromatic carbocycles. The van der Waals surface area contributed by atoms with Crippen LogP contribution in [-0.2, 0) is 11.3 Å². The van der Waals surface area contributed by atoms with Crippen molar-refractivity contribution in [3.8, 4) is 0 Å². The molecule has 0 saturated heterocycles. The zero-order valence-electron chi connectivity index (χ0n) is 13.0. The van der Waals surface area contributed by atoms with E-state index in [1.807, 2.05) is 24.3 Å². The highest BCUT2D eigenvalue weighted by molar-refractivity contribution is 5.81. The molecule has 3 aromatic rings. The minimum Gasteiger partial charge on any atom is -0.382 e. The van der Waals surface area contributed by atoms with Crippen LogP contribution in [0, 0.1) is 0 Å². The topological polar surface area (TPSA) is 88.9 Å². The first-order chi connectivity index (χ1) is 11.7. The molecule has 2 heterocycles. The fourth-order valence-electron chi connectivity index (χ4n) is 2.31. The van der Waals surface area contributed by atoms with Gasteiger partial charge in [-0.3, -0.25) is 14.6 Å². The van der Waals surface area contributed by atoms with E-state index in [-0.39, 0.29) is 18.0 Å². The van der Waals surface area contributed by atoms with Crippen LogP contribution < -0.4 is 16.2 Å². The monoisotopic (exact) mass is 323 g/mol. The standard InChI is InChI=1S/C17H17N5O2/c23-16(20-9-8-19-14-5-3-7-18-11-14)12-22-17(24)15-6-2-1-4-13(15)10-21-22/h1-7,10-11,19H,8-9,12H2,(H,20,23). The van der Waals surface area contributed by atoms with E-state index in [0.29, 0.717) is 18.5 Å². The van der Waals surface area contributed by atoms with Crippen molar-refractivity contribution in [2.45, 2.75) is 6.54 Å². The molecule has 7 heteroatoms. The number of benzene rings is 1. The zero-order valence-corrected chi connectivity index (χ0v) is 13.0.